The third kappa shape index (κ3) is 5.51. The lowest BCUT2D eigenvalue weighted by Crippen LogP contribution is -2.59. The Balaban J connectivity index is 1.43. The van der Waals surface area contributed by atoms with Crippen LogP contribution in [0.3, 0.4) is 0 Å². The van der Waals surface area contributed by atoms with Gasteiger partial charge < -0.3 is 20.3 Å². The number of allylic oxidation sites excluding steroid dienone is 4. The number of halogens is 3. The van der Waals surface area contributed by atoms with Crippen LogP contribution < -0.4 is 15.4 Å². The molecule has 43 heavy (non-hydrogen) atoms. The van der Waals surface area contributed by atoms with Gasteiger partial charge in [-0.15, -0.1) is 0 Å². The quantitative estimate of drug-likeness (QED) is 0.359. The summed E-state index contributed by atoms with van der Waals surface area (Å²) in [5.41, 5.74) is 1.00. The summed E-state index contributed by atoms with van der Waals surface area (Å²) in [5.74, 6) is -0.143. The van der Waals surface area contributed by atoms with Gasteiger partial charge in [-0.1, -0.05) is 71.2 Å². The number of nitrogens with one attached hydrogen (secondary N) is 2. The fourth-order valence-corrected chi connectivity index (χ4v) is 8.04. The van der Waals surface area contributed by atoms with Crippen molar-refractivity contribution in [2.75, 3.05) is 18.4 Å². The molecular weight excluding hydrogens is 653 g/mol. The molecule has 3 heterocycles. The van der Waals surface area contributed by atoms with Crippen molar-refractivity contribution in [3.05, 3.63) is 80.3 Å². The summed E-state index contributed by atoms with van der Waals surface area (Å²) in [6.45, 7) is 5.08. The molecule has 0 saturated carbocycles. The van der Waals surface area contributed by atoms with Crippen LogP contribution in [0.2, 0.25) is 5.02 Å². The maximum atomic E-state index is 14.4. The Hall–Kier alpha value is -2.81. The van der Waals surface area contributed by atoms with E-state index < -0.39 is 11.5 Å². The lowest BCUT2D eigenvalue weighted by molar-refractivity contribution is -0.136. The van der Waals surface area contributed by atoms with E-state index in [-0.39, 0.29) is 48.0 Å². The maximum Gasteiger partial charge on any atom is 0.237 e. The minimum atomic E-state index is -1.15. The SMILES string of the molecule is CC(C)C(=O)N1CCC(Oc2ccc(Br)cc2[C@H]2NC(=O)C[C@@H](C3C=CC=C(Cl)C3)[C@]23C(=O)Nc2cc(Cl)ccc23)CC1. The summed E-state index contributed by atoms with van der Waals surface area (Å²) in [6, 6.07) is 10.5. The van der Waals surface area contributed by atoms with Crippen LogP contribution >= 0.6 is 39.1 Å². The Morgan fingerprint density at radius 3 is 2.58 bits per heavy atom. The van der Waals surface area contributed by atoms with E-state index >= 15 is 0 Å². The van der Waals surface area contributed by atoms with Crippen molar-refractivity contribution >= 4 is 62.5 Å². The summed E-state index contributed by atoms with van der Waals surface area (Å²) in [5, 5.41) is 7.51. The molecule has 1 aliphatic carbocycles. The number of rotatable bonds is 5. The number of hydrogen-bond acceptors (Lipinski definition) is 4. The molecule has 6 rings (SSSR count). The van der Waals surface area contributed by atoms with Gasteiger partial charge in [0.15, 0.2) is 0 Å². The predicted molar refractivity (Wildman–Crippen MR) is 171 cm³/mol. The third-order valence-electron chi connectivity index (χ3n) is 9.21. The first-order chi connectivity index (χ1) is 20.6. The van der Waals surface area contributed by atoms with E-state index in [4.69, 9.17) is 27.9 Å². The monoisotopic (exact) mass is 685 g/mol. The Morgan fingerprint density at radius 1 is 1.09 bits per heavy atom. The molecule has 0 aromatic heterocycles. The molecular formula is C33H34BrCl2N3O4. The number of ether oxygens (including phenoxy) is 1. The van der Waals surface area contributed by atoms with E-state index in [0.717, 1.165) is 10.0 Å². The lowest BCUT2D eigenvalue weighted by atomic mass is 9.57. The molecule has 0 radical (unpaired) electrons. The van der Waals surface area contributed by atoms with Gasteiger partial charge in [-0.2, -0.15) is 0 Å². The first-order valence-corrected chi connectivity index (χ1v) is 16.3. The molecule has 3 amide bonds. The molecule has 0 bridgehead atoms. The van der Waals surface area contributed by atoms with E-state index in [1.807, 2.05) is 55.2 Å². The highest BCUT2D eigenvalue weighted by molar-refractivity contribution is 9.10. The van der Waals surface area contributed by atoms with E-state index in [2.05, 4.69) is 32.6 Å². The van der Waals surface area contributed by atoms with Crippen molar-refractivity contribution in [1.29, 1.82) is 0 Å². The molecule has 1 spiro atoms. The van der Waals surface area contributed by atoms with Crippen LogP contribution in [0.15, 0.2) is 64.1 Å². The molecule has 2 fully saturated rings. The summed E-state index contributed by atoms with van der Waals surface area (Å²) in [6.07, 6.45) is 7.79. The predicted octanol–water partition coefficient (Wildman–Crippen LogP) is 6.89. The van der Waals surface area contributed by atoms with E-state index in [1.165, 1.54) is 0 Å². The number of carbonyl (C=O) groups is 3. The molecule has 3 aliphatic heterocycles. The largest absolute Gasteiger partial charge is 0.490 e. The summed E-state index contributed by atoms with van der Waals surface area (Å²) < 4.78 is 7.46. The average molecular weight is 687 g/mol. The van der Waals surface area contributed by atoms with E-state index in [9.17, 15) is 14.4 Å². The first-order valence-electron chi connectivity index (χ1n) is 14.8. The van der Waals surface area contributed by atoms with Crippen LogP contribution in [-0.4, -0.2) is 41.8 Å². The Labute approximate surface area is 270 Å². The number of likely N-dealkylation sites (tertiary alicyclic amines) is 1. The number of fused-ring (bicyclic) bond motifs is 2. The van der Waals surface area contributed by atoms with Gasteiger partial charge in [-0.25, -0.2) is 0 Å². The molecule has 2 N–H and O–H groups in total. The fourth-order valence-electron chi connectivity index (χ4n) is 7.24. The van der Waals surface area contributed by atoms with Crippen molar-refractivity contribution in [2.45, 2.75) is 57.1 Å². The van der Waals surface area contributed by atoms with Crippen molar-refractivity contribution in [3.8, 4) is 5.75 Å². The number of carbonyl (C=O) groups excluding carboxylic acids is 3. The molecule has 2 aromatic rings. The van der Waals surface area contributed by atoms with E-state index in [1.54, 1.807) is 12.1 Å². The second-order valence-electron chi connectivity index (χ2n) is 12.2. The highest BCUT2D eigenvalue weighted by Gasteiger charge is 2.62. The number of piperidine rings is 2. The van der Waals surface area contributed by atoms with Crippen molar-refractivity contribution in [3.63, 3.8) is 0 Å². The Bertz CT molecular complexity index is 1530. The second-order valence-corrected chi connectivity index (χ2v) is 14.0. The molecule has 2 saturated heterocycles. The van der Waals surface area contributed by atoms with Crippen LogP contribution in [0, 0.1) is 17.8 Å². The molecule has 226 valence electrons. The van der Waals surface area contributed by atoms with Gasteiger partial charge in [0, 0.05) is 64.0 Å². The maximum absolute atomic E-state index is 14.4. The van der Waals surface area contributed by atoms with E-state index in [0.29, 0.717) is 59.4 Å². The highest BCUT2D eigenvalue weighted by atomic mass is 79.9. The number of anilines is 1. The van der Waals surface area contributed by atoms with Crippen molar-refractivity contribution in [1.82, 2.24) is 10.2 Å². The Morgan fingerprint density at radius 2 is 1.86 bits per heavy atom. The Kier molecular flexibility index (Phi) is 8.39. The molecule has 10 heteroatoms. The van der Waals surface area contributed by atoms with Crippen LogP contribution in [0.4, 0.5) is 5.69 Å². The fraction of sp³-hybridized carbons (Fsp3) is 0.424. The van der Waals surface area contributed by atoms with Crippen molar-refractivity contribution < 1.29 is 19.1 Å². The van der Waals surface area contributed by atoms with Crippen LogP contribution in [0.25, 0.3) is 0 Å². The lowest BCUT2D eigenvalue weighted by Gasteiger charge is -2.49. The van der Waals surface area contributed by atoms with Gasteiger partial charge in [-0.05, 0) is 60.2 Å². The number of benzene rings is 2. The van der Waals surface area contributed by atoms with Gasteiger partial charge in [0.25, 0.3) is 0 Å². The standard InChI is InChI=1S/C33H34BrCl2N3O4/c1-18(2)31(41)39-12-10-23(11-13-39)43-28-9-6-20(34)15-24(28)30-33(25-8-7-22(36)16-27(25)37-32(33)42)26(17-29(40)38-30)19-4-3-5-21(35)14-19/h3-9,15-16,18-19,23,26,30H,10-14,17H2,1-2H3,(H,37,42)(H,38,40)/t19?,26-,30+,33-/m0/s1. The third-order valence-corrected chi connectivity index (χ3v) is 10.2. The molecule has 7 nitrogen and oxygen atoms in total. The zero-order chi connectivity index (χ0) is 30.5. The molecule has 4 aliphatic rings. The van der Waals surface area contributed by atoms with Gasteiger partial charge in [-0.3, -0.25) is 14.4 Å². The molecule has 4 atom stereocenters. The normalized spacial score (nSPS) is 27.2. The van der Waals surface area contributed by atoms with Crippen LogP contribution in [-0.2, 0) is 19.8 Å². The summed E-state index contributed by atoms with van der Waals surface area (Å²) in [7, 11) is 0. The van der Waals surface area contributed by atoms with Gasteiger partial charge in [0.2, 0.25) is 17.7 Å². The average Bonchev–Trinajstić information content (AvgIpc) is 3.25. The van der Waals surface area contributed by atoms with Gasteiger partial charge >= 0.3 is 0 Å². The smallest absolute Gasteiger partial charge is 0.237 e. The van der Waals surface area contributed by atoms with Gasteiger partial charge in [0.1, 0.15) is 17.3 Å². The molecule has 2 aromatic carbocycles. The molecule has 1 unspecified atom stereocenters. The number of hydrogen-bond donors (Lipinski definition) is 2. The minimum Gasteiger partial charge on any atom is -0.490 e. The van der Waals surface area contributed by atoms with Crippen molar-refractivity contribution in [2.24, 2.45) is 17.8 Å². The zero-order valence-electron chi connectivity index (χ0n) is 24.0. The minimum absolute atomic E-state index is 0.0470. The van der Waals surface area contributed by atoms with Crippen LogP contribution in [0.5, 0.6) is 5.75 Å². The van der Waals surface area contributed by atoms with Crippen LogP contribution in [0.1, 0.15) is 56.7 Å². The summed E-state index contributed by atoms with van der Waals surface area (Å²) >= 11 is 16.5. The first kappa shape index (κ1) is 30.2. The topological polar surface area (TPSA) is 87.7 Å². The van der Waals surface area contributed by atoms with Gasteiger partial charge in [0.05, 0.1) is 6.04 Å². The zero-order valence-corrected chi connectivity index (χ0v) is 27.1. The highest BCUT2D eigenvalue weighted by Crippen LogP contribution is 2.58. The number of amides is 3. The number of nitrogens with zero attached hydrogens (tertiary/aromatic N) is 1. The summed E-state index contributed by atoms with van der Waals surface area (Å²) in [4.78, 5) is 42.4. The second kappa shape index (κ2) is 11.9.